The maximum atomic E-state index is 11.1. The summed E-state index contributed by atoms with van der Waals surface area (Å²) in [7, 11) is 0. The van der Waals surface area contributed by atoms with Crippen LogP contribution >= 0.6 is 0 Å². The summed E-state index contributed by atoms with van der Waals surface area (Å²) in [5, 5.41) is 8.78. The zero-order valence-electron chi connectivity index (χ0n) is 8.22. The Labute approximate surface area is 86.4 Å². The van der Waals surface area contributed by atoms with E-state index >= 15 is 0 Å². The van der Waals surface area contributed by atoms with E-state index in [-0.39, 0.29) is 5.56 Å². The summed E-state index contributed by atoms with van der Waals surface area (Å²) in [4.78, 5) is 25.4. The van der Waals surface area contributed by atoms with E-state index in [4.69, 9.17) is 5.11 Å². The first-order chi connectivity index (χ1) is 7.18. The molecule has 5 heteroatoms. The van der Waals surface area contributed by atoms with Crippen LogP contribution in [0.3, 0.4) is 0 Å². The Morgan fingerprint density at radius 1 is 1.47 bits per heavy atom. The monoisotopic (exact) mass is 208 g/mol. The SMILES string of the molecule is O=C(O)c1cn(C2CCCC2)cnc1=O. The smallest absolute Gasteiger partial charge is 0.342 e. The number of nitrogens with zero attached hydrogens (tertiary/aromatic N) is 2. The zero-order valence-corrected chi connectivity index (χ0v) is 8.22. The highest BCUT2D eigenvalue weighted by molar-refractivity contribution is 5.86. The van der Waals surface area contributed by atoms with Crippen molar-refractivity contribution in [3.63, 3.8) is 0 Å². The molecule has 1 aliphatic carbocycles. The maximum absolute atomic E-state index is 11.1. The summed E-state index contributed by atoms with van der Waals surface area (Å²) in [6.07, 6.45) is 7.20. The third-order valence-electron chi connectivity index (χ3n) is 2.79. The second-order valence-corrected chi connectivity index (χ2v) is 3.78. The molecule has 0 aromatic carbocycles. The fraction of sp³-hybridized carbons (Fsp3) is 0.500. The largest absolute Gasteiger partial charge is 0.477 e. The van der Waals surface area contributed by atoms with E-state index in [0.717, 1.165) is 25.7 Å². The first-order valence-electron chi connectivity index (χ1n) is 4.99. The average Bonchev–Trinajstić information content (AvgIpc) is 2.71. The van der Waals surface area contributed by atoms with Crippen molar-refractivity contribution in [2.75, 3.05) is 0 Å². The van der Waals surface area contributed by atoms with Gasteiger partial charge >= 0.3 is 5.97 Å². The number of hydrogen-bond acceptors (Lipinski definition) is 3. The average molecular weight is 208 g/mol. The van der Waals surface area contributed by atoms with Crippen molar-refractivity contribution in [3.8, 4) is 0 Å². The fourth-order valence-electron chi connectivity index (χ4n) is 1.98. The van der Waals surface area contributed by atoms with E-state index in [2.05, 4.69) is 4.98 Å². The number of carboxylic acid groups (broad SMARTS) is 1. The summed E-state index contributed by atoms with van der Waals surface area (Å²) in [5.41, 5.74) is -0.916. The molecule has 0 bridgehead atoms. The third kappa shape index (κ3) is 1.91. The van der Waals surface area contributed by atoms with Crippen molar-refractivity contribution in [1.82, 2.24) is 9.55 Å². The van der Waals surface area contributed by atoms with Gasteiger partial charge in [-0.3, -0.25) is 4.79 Å². The molecule has 1 aliphatic rings. The van der Waals surface area contributed by atoms with E-state index in [1.807, 2.05) is 0 Å². The molecule has 80 valence electrons. The molecule has 0 radical (unpaired) electrons. The lowest BCUT2D eigenvalue weighted by Crippen LogP contribution is -2.21. The van der Waals surface area contributed by atoms with E-state index in [1.54, 1.807) is 4.57 Å². The standard InChI is InChI=1S/C10H12N2O3/c13-9-8(10(14)15)5-12(6-11-9)7-3-1-2-4-7/h5-7H,1-4H2,(H,14,15). The van der Waals surface area contributed by atoms with Crippen molar-refractivity contribution >= 4 is 5.97 Å². The topological polar surface area (TPSA) is 72.2 Å². The predicted octanol–water partition coefficient (Wildman–Crippen LogP) is 1.06. The van der Waals surface area contributed by atoms with Gasteiger partial charge in [-0.2, -0.15) is 4.98 Å². The second-order valence-electron chi connectivity index (χ2n) is 3.78. The molecule has 0 saturated heterocycles. The molecule has 2 rings (SSSR count). The number of hydrogen-bond donors (Lipinski definition) is 1. The lowest BCUT2D eigenvalue weighted by atomic mass is 10.2. The maximum Gasteiger partial charge on any atom is 0.342 e. The number of carbonyl (C=O) groups is 1. The van der Waals surface area contributed by atoms with Gasteiger partial charge in [0.25, 0.3) is 5.56 Å². The van der Waals surface area contributed by atoms with Crippen LogP contribution < -0.4 is 5.56 Å². The zero-order chi connectivity index (χ0) is 10.8. The molecular weight excluding hydrogens is 196 g/mol. The quantitative estimate of drug-likeness (QED) is 0.788. The Morgan fingerprint density at radius 3 is 2.73 bits per heavy atom. The highest BCUT2D eigenvalue weighted by Gasteiger charge is 2.18. The van der Waals surface area contributed by atoms with Gasteiger partial charge in [-0.25, -0.2) is 4.79 Å². The number of aromatic nitrogens is 2. The van der Waals surface area contributed by atoms with Gasteiger partial charge in [-0.05, 0) is 12.8 Å². The summed E-state index contributed by atoms with van der Waals surface area (Å²) >= 11 is 0. The Balaban J connectivity index is 2.37. The van der Waals surface area contributed by atoms with Gasteiger partial charge < -0.3 is 9.67 Å². The minimum Gasteiger partial charge on any atom is -0.477 e. The second kappa shape index (κ2) is 3.84. The van der Waals surface area contributed by atoms with E-state index in [9.17, 15) is 9.59 Å². The van der Waals surface area contributed by atoms with Gasteiger partial charge in [0.05, 0.1) is 6.33 Å². The molecule has 1 fully saturated rings. The van der Waals surface area contributed by atoms with Crippen LogP contribution in [0.5, 0.6) is 0 Å². The molecule has 1 heterocycles. The lowest BCUT2D eigenvalue weighted by Gasteiger charge is -2.13. The molecule has 1 aromatic rings. The van der Waals surface area contributed by atoms with Gasteiger partial charge in [-0.15, -0.1) is 0 Å². The Morgan fingerprint density at radius 2 is 2.13 bits per heavy atom. The van der Waals surface area contributed by atoms with Crippen LogP contribution in [0.15, 0.2) is 17.3 Å². The summed E-state index contributed by atoms with van der Waals surface area (Å²) < 4.78 is 1.75. The van der Waals surface area contributed by atoms with Crippen molar-refractivity contribution < 1.29 is 9.90 Å². The highest BCUT2D eigenvalue weighted by atomic mass is 16.4. The molecule has 0 spiro atoms. The Kier molecular flexibility index (Phi) is 2.53. The molecule has 0 unspecified atom stereocenters. The van der Waals surface area contributed by atoms with Gasteiger partial charge in [0.15, 0.2) is 0 Å². The summed E-state index contributed by atoms with van der Waals surface area (Å²) in [6, 6.07) is 0.302. The third-order valence-corrected chi connectivity index (χ3v) is 2.79. The van der Waals surface area contributed by atoms with E-state index < -0.39 is 11.5 Å². The first-order valence-corrected chi connectivity index (χ1v) is 4.99. The first kappa shape index (κ1) is 9.89. The van der Waals surface area contributed by atoms with Crippen LogP contribution in [0.4, 0.5) is 0 Å². The molecular formula is C10H12N2O3. The Bertz CT molecular complexity index is 433. The fourth-order valence-corrected chi connectivity index (χ4v) is 1.98. The number of rotatable bonds is 2. The summed E-state index contributed by atoms with van der Waals surface area (Å²) in [6.45, 7) is 0. The van der Waals surface area contributed by atoms with Crippen molar-refractivity contribution in [2.45, 2.75) is 31.7 Å². The van der Waals surface area contributed by atoms with Crippen molar-refractivity contribution in [3.05, 3.63) is 28.4 Å². The van der Waals surface area contributed by atoms with Crippen LogP contribution in [0, 0.1) is 0 Å². The van der Waals surface area contributed by atoms with Gasteiger partial charge in [0, 0.05) is 12.2 Å². The Hall–Kier alpha value is -1.65. The number of carboxylic acids is 1. The molecule has 0 amide bonds. The van der Waals surface area contributed by atoms with Gasteiger partial charge in [0.2, 0.25) is 0 Å². The van der Waals surface area contributed by atoms with E-state index in [1.165, 1.54) is 12.5 Å². The van der Waals surface area contributed by atoms with Crippen LogP contribution in [0.25, 0.3) is 0 Å². The van der Waals surface area contributed by atoms with Gasteiger partial charge in [-0.1, -0.05) is 12.8 Å². The van der Waals surface area contributed by atoms with Crippen molar-refractivity contribution in [2.24, 2.45) is 0 Å². The van der Waals surface area contributed by atoms with Gasteiger partial charge in [0.1, 0.15) is 5.56 Å². The lowest BCUT2D eigenvalue weighted by molar-refractivity contribution is 0.0693. The highest BCUT2D eigenvalue weighted by Crippen LogP contribution is 2.28. The van der Waals surface area contributed by atoms with Crippen LogP contribution in [0.2, 0.25) is 0 Å². The molecule has 1 aromatic heterocycles. The minimum atomic E-state index is -1.21. The minimum absolute atomic E-state index is 0.246. The van der Waals surface area contributed by atoms with E-state index in [0.29, 0.717) is 6.04 Å². The molecule has 1 saturated carbocycles. The summed E-state index contributed by atoms with van der Waals surface area (Å²) in [5.74, 6) is -1.21. The predicted molar refractivity (Wildman–Crippen MR) is 53.0 cm³/mol. The van der Waals surface area contributed by atoms with Crippen LogP contribution in [-0.4, -0.2) is 20.6 Å². The molecule has 5 nitrogen and oxygen atoms in total. The van der Waals surface area contributed by atoms with Crippen molar-refractivity contribution in [1.29, 1.82) is 0 Å². The van der Waals surface area contributed by atoms with Crippen LogP contribution in [-0.2, 0) is 0 Å². The molecule has 0 aliphatic heterocycles. The molecule has 1 N–H and O–H groups in total. The molecule has 15 heavy (non-hydrogen) atoms. The normalized spacial score (nSPS) is 16.8. The number of aromatic carboxylic acids is 1. The van der Waals surface area contributed by atoms with Crippen LogP contribution in [0.1, 0.15) is 42.1 Å². The molecule has 0 atom stereocenters.